The van der Waals surface area contributed by atoms with Crippen LogP contribution in [0.2, 0.25) is 5.02 Å². The minimum atomic E-state index is -3.73. The molecule has 0 aliphatic carbocycles. The van der Waals surface area contributed by atoms with E-state index in [0.717, 1.165) is 11.8 Å². The zero-order valence-electron chi connectivity index (χ0n) is 15.0. The minimum Gasteiger partial charge on any atom is -0.343 e. The first kappa shape index (κ1) is 21.1. The molecule has 3 amide bonds. The van der Waals surface area contributed by atoms with Gasteiger partial charge in [0.05, 0.1) is 10.6 Å². The standard InChI is InChI=1S/C17H20ClN3O5S2/c18-12-2-1-3-14(10-12)28(25,26)19-7-4-15(22)20-8-5-13(6-9-20)21-16(23)11-27-17(21)24/h1-3,10,13,19H,4-9,11H2. The Morgan fingerprint density at radius 1 is 1.25 bits per heavy atom. The molecule has 3 rings (SSSR count). The predicted octanol–water partition coefficient (Wildman–Crippen LogP) is 1.69. The van der Waals surface area contributed by atoms with Crippen LogP contribution in [0.15, 0.2) is 29.2 Å². The van der Waals surface area contributed by atoms with Crippen molar-refractivity contribution in [3.05, 3.63) is 29.3 Å². The number of likely N-dealkylation sites (tertiary alicyclic amines) is 1. The Morgan fingerprint density at radius 2 is 1.96 bits per heavy atom. The molecule has 0 saturated carbocycles. The SMILES string of the molecule is O=C(CCNS(=O)(=O)c1cccc(Cl)c1)N1CCC(N2C(=O)CSC2=O)CC1. The quantitative estimate of drug-likeness (QED) is 0.714. The van der Waals surface area contributed by atoms with Crippen molar-refractivity contribution in [2.24, 2.45) is 0 Å². The predicted molar refractivity (Wildman–Crippen MR) is 106 cm³/mol. The van der Waals surface area contributed by atoms with Crippen LogP contribution in [0, 0.1) is 0 Å². The van der Waals surface area contributed by atoms with Crippen LogP contribution >= 0.6 is 23.4 Å². The average molecular weight is 446 g/mol. The summed E-state index contributed by atoms with van der Waals surface area (Å²) in [6.07, 6.45) is 1.11. The summed E-state index contributed by atoms with van der Waals surface area (Å²) in [7, 11) is -3.73. The Kier molecular flexibility index (Phi) is 6.64. The molecule has 0 bridgehead atoms. The highest BCUT2D eigenvalue weighted by molar-refractivity contribution is 8.14. The fourth-order valence-electron chi connectivity index (χ4n) is 3.26. The molecule has 1 aromatic carbocycles. The number of halogens is 1. The molecule has 1 N–H and O–H groups in total. The summed E-state index contributed by atoms with van der Waals surface area (Å²) >= 11 is 6.82. The number of amides is 3. The highest BCUT2D eigenvalue weighted by atomic mass is 35.5. The maximum Gasteiger partial charge on any atom is 0.289 e. The Labute approximate surface area is 172 Å². The summed E-state index contributed by atoms with van der Waals surface area (Å²) in [6.45, 7) is 0.853. The fourth-order valence-corrected chi connectivity index (χ4v) is 5.37. The smallest absolute Gasteiger partial charge is 0.289 e. The molecule has 1 aromatic rings. The van der Waals surface area contributed by atoms with Crippen molar-refractivity contribution in [1.82, 2.24) is 14.5 Å². The first-order chi connectivity index (χ1) is 13.3. The Balaban J connectivity index is 1.46. The van der Waals surface area contributed by atoms with Crippen molar-refractivity contribution in [1.29, 1.82) is 0 Å². The highest BCUT2D eigenvalue weighted by Crippen LogP contribution is 2.26. The van der Waals surface area contributed by atoms with E-state index in [1.165, 1.54) is 17.0 Å². The Hall–Kier alpha value is -1.62. The van der Waals surface area contributed by atoms with E-state index in [4.69, 9.17) is 11.6 Å². The third-order valence-electron chi connectivity index (χ3n) is 4.70. The number of piperidine rings is 1. The molecular formula is C17H20ClN3O5S2. The number of nitrogens with one attached hydrogen (secondary N) is 1. The number of hydrogen-bond donors (Lipinski definition) is 1. The van der Waals surface area contributed by atoms with E-state index < -0.39 is 10.0 Å². The van der Waals surface area contributed by atoms with Gasteiger partial charge in [0.25, 0.3) is 5.24 Å². The molecule has 0 atom stereocenters. The number of rotatable bonds is 6. The van der Waals surface area contributed by atoms with Gasteiger partial charge in [0, 0.05) is 37.1 Å². The van der Waals surface area contributed by atoms with Gasteiger partial charge in [-0.25, -0.2) is 13.1 Å². The highest BCUT2D eigenvalue weighted by Gasteiger charge is 2.37. The number of benzene rings is 1. The van der Waals surface area contributed by atoms with Gasteiger partial charge in [-0.3, -0.25) is 19.3 Å². The van der Waals surface area contributed by atoms with Crippen LogP contribution in [-0.4, -0.2) is 66.7 Å². The summed E-state index contributed by atoms with van der Waals surface area (Å²) in [6, 6.07) is 5.73. The van der Waals surface area contributed by atoms with Crippen molar-refractivity contribution in [3.8, 4) is 0 Å². The molecule has 2 aliphatic rings. The monoisotopic (exact) mass is 445 g/mol. The van der Waals surface area contributed by atoms with Gasteiger partial charge in [0.2, 0.25) is 21.8 Å². The lowest BCUT2D eigenvalue weighted by Crippen LogP contribution is -2.48. The van der Waals surface area contributed by atoms with Gasteiger partial charge in [-0.05, 0) is 31.0 Å². The molecule has 2 heterocycles. The van der Waals surface area contributed by atoms with Crippen molar-refractivity contribution in [2.45, 2.75) is 30.2 Å². The van der Waals surface area contributed by atoms with Crippen molar-refractivity contribution in [3.63, 3.8) is 0 Å². The second-order valence-corrected chi connectivity index (χ2v) is 9.67. The van der Waals surface area contributed by atoms with Gasteiger partial charge in [0.1, 0.15) is 0 Å². The van der Waals surface area contributed by atoms with E-state index >= 15 is 0 Å². The molecule has 28 heavy (non-hydrogen) atoms. The fraction of sp³-hybridized carbons (Fsp3) is 0.471. The molecular weight excluding hydrogens is 426 g/mol. The van der Waals surface area contributed by atoms with Crippen LogP contribution in [0.1, 0.15) is 19.3 Å². The molecule has 2 saturated heterocycles. The van der Waals surface area contributed by atoms with Gasteiger partial charge in [-0.15, -0.1) is 0 Å². The molecule has 0 spiro atoms. The zero-order chi connectivity index (χ0) is 20.3. The zero-order valence-corrected chi connectivity index (χ0v) is 17.4. The Morgan fingerprint density at radius 3 is 2.57 bits per heavy atom. The van der Waals surface area contributed by atoms with Crippen molar-refractivity contribution in [2.75, 3.05) is 25.4 Å². The number of nitrogens with zero attached hydrogens (tertiary/aromatic N) is 2. The number of imide groups is 1. The van der Waals surface area contributed by atoms with Gasteiger partial charge in [0.15, 0.2) is 0 Å². The maximum absolute atomic E-state index is 12.3. The van der Waals surface area contributed by atoms with Gasteiger partial charge in [-0.2, -0.15) is 0 Å². The largest absolute Gasteiger partial charge is 0.343 e. The summed E-state index contributed by atoms with van der Waals surface area (Å²) in [5.41, 5.74) is 0. The van der Waals surface area contributed by atoms with Gasteiger partial charge in [-0.1, -0.05) is 29.4 Å². The molecule has 2 fully saturated rings. The first-order valence-corrected chi connectivity index (χ1v) is 11.6. The van der Waals surface area contributed by atoms with Crippen LogP contribution in [0.25, 0.3) is 0 Å². The Bertz CT molecular complexity index is 869. The van der Waals surface area contributed by atoms with Crippen LogP contribution in [0.5, 0.6) is 0 Å². The number of sulfonamides is 1. The second kappa shape index (κ2) is 8.81. The molecule has 8 nitrogen and oxygen atoms in total. The summed E-state index contributed by atoms with van der Waals surface area (Å²) in [5, 5.41) is 0.0976. The van der Waals surface area contributed by atoms with E-state index in [1.54, 1.807) is 17.0 Å². The van der Waals surface area contributed by atoms with Crippen LogP contribution in [0.4, 0.5) is 4.79 Å². The van der Waals surface area contributed by atoms with Crippen LogP contribution in [-0.2, 0) is 19.6 Å². The topological polar surface area (TPSA) is 104 Å². The molecule has 11 heteroatoms. The number of hydrogen-bond acceptors (Lipinski definition) is 6. The van der Waals surface area contributed by atoms with Gasteiger partial charge < -0.3 is 4.90 Å². The molecule has 0 unspecified atom stereocenters. The molecule has 0 aromatic heterocycles. The first-order valence-electron chi connectivity index (χ1n) is 8.80. The number of carbonyl (C=O) groups excluding carboxylic acids is 3. The van der Waals surface area contributed by atoms with E-state index in [2.05, 4.69) is 4.72 Å². The van der Waals surface area contributed by atoms with E-state index in [9.17, 15) is 22.8 Å². The maximum atomic E-state index is 12.3. The lowest BCUT2D eigenvalue weighted by molar-refractivity contribution is -0.133. The molecule has 2 aliphatic heterocycles. The van der Waals surface area contributed by atoms with E-state index in [-0.39, 0.29) is 46.7 Å². The second-order valence-electron chi connectivity index (χ2n) is 6.54. The number of thioether (sulfide) groups is 1. The molecule has 152 valence electrons. The third-order valence-corrected chi connectivity index (χ3v) is 7.23. The van der Waals surface area contributed by atoms with Crippen molar-refractivity contribution < 1.29 is 22.8 Å². The summed E-state index contributed by atoms with van der Waals surface area (Å²) < 4.78 is 26.9. The number of carbonyl (C=O) groups is 3. The lowest BCUT2D eigenvalue weighted by atomic mass is 10.0. The van der Waals surface area contributed by atoms with Crippen LogP contribution < -0.4 is 4.72 Å². The van der Waals surface area contributed by atoms with Crippen LogP contribution in [0.3, 0.4) is 0 Å². The minimum absolute atomic E-state index is 0.0205. The average Bonchev–Trinajstić information content (AvgIpc) is 3.00. The third kappa shape index (κ3) is 4.86. The van der Waals surface area contributed by atoms with Gasteiger partial charge >= 0.3 is 0 Å². The summed E-state index contributed by atoms with van der Waals surface area (Å²) in [5.74, 6) is -0.152. The normalized spacial score (nSPS) is 18.8. The van der Waals surface area contributed by atoms with E-state index in [0.29, 0.717) is 31.0 Å². The van der Waals surface area contributed by atoms with E-state index in [1.807, 2.05) is 0 Å². The molecule has 0 radical (unpaired) electrons. The lowest BCUT2D eigenvalue weighted by Gasteiger charge is -2.35. The summed E-state index contributed by atoms with van der Waals surface area (Å²) in [4.78, 5) is 38.9. The van der Waals surface area contributed by atoms with Crippen molar-refractivity contribution >= 4 is 50.4 Å².